The quantitative estimate of drug-likeness (QED) is 0.0630. The third-order valence-corrected chi connectivity index (χ3v) is 10.8. The Labute approximate surface area is 296 Å². The normalized spacial score (nSPS) is 18.2. The van der Waals surface area contributed by atoms with Crippen LogP contribution in [0.4, 0.5) is 4.79 Å². The number of para-hydroxylation sites is 1. The molecule has 11 nitrogen and oxygen atoms in total. The van der Waals surface area contributed by atoms with Crippen molar-refractivity contribution >= 4 is 29.4 Å². The van der Waals surface area contributed by atoms with Crippen molar-refractivity contribution in [1.29, 1.82) is 0 Å². The SMILES string of the molecule is NC(=O)NC[C@H](O)[C@](O)(CCCCCSc1ccc(Cl)c(CNC2(c3cnccc3-c3ccccc3OC3CC3)CC2)c1)[C@H](O)[C@H](O)CO. The molecule has 49 heavy (non-hydrogen) atoms. The average Bonchev–Trinajstić information content (AvgIpc) is 4.05. The molecule has 2 aliphatic carbocycles. The first-order chi connectivity index (χ1) is 23.6. The van der Waals surface area contributed by atoms with Crippen LogP contribution < -0.4 is 21.1 Å². The number of hydrogen-bond acceptors (Lipinski definition) is 10. The molecule has 0 bridgehead atoms. The second kappa shape index (κ2) is 16.8. The topological polar surface area (TPSA) is 190 Å². The highest BCUT2D eigenvalue weighted by Crippen LogP contribution is 2.50. The lowest BCUT2D eigenvalue weighted by atomic mass is 9.82. The summed E-state index contributed by atoms with van der Waals surface area (Å²) >= 11 is 8.34. The number of aliphatic hydroxyl groups is 5. The lowest BCUT2D eigenvalue weighted by molar-refractivity contribution is -0.184. The van der Waals surface area contributed by atoms with Crippen LogP contribution in [0.2, 0.25) is 5.02 Å². The van der Waals surface area contributed by atoms with Crippen LogP contribution in [0, 0.1) is 0 Å². The Morgan fingerprint density at radius 1 is 1.10 bits per heavy atom. The molecule has 0 saturated heterocycles. The summed E-state index contributed by atoms with van der Waals surface area (Å²) < 4.78 is 6.25. The Balaban J connectivity index is 1.15. The third kappa shape index (κ3) is 9.65. The van der Waals surface area contributed by atoms with Crippen LogP contribution in [0.25, 0.3) is 11.1 Å². The van der Waals surface area contributed by atoms with Gasteiger partial charge in [-0.25, -0.2) is 4.79 Å². The van der Waals surface area contributed by atoms with Crippen molar-refractivity contribution in [3.63, 3.8) is 0 Å². The van der Waals surface area contributed by atoms with Gasteiger partial charge in [-0.2, -0.15) is 0 Å². The monoisotopic (exact) mass is 714 g/mol. The fourth-order valence-corrected chi connectivity index (χ4v) is 7.23. The van der Waals surface area contributed by atoms with Crippen molar-refractivity contribution in [2.24, 2.45) is 5.73 Å². The summed E-state index contributed by atoms with van der Waals surface area (Å²) in [5, 5.41) is 57.9. The molecule has 0 spiro atoms. The van der Waals surface area contributed by atoms with Gasteiger partial charge >= 0.3 is 6.03 Å². The van der Waals surface area contributed by atoms with Gasteiger partial charge in [-0.1, -0.05) is 42.6 Å². The van der Waals surface area contributed by atoms with E-state index in [1.54, 1.807) is 11.8 Å². The summed E-state index contributed by atoms with van der Waals surface area (Å²) in [6, 6.07) is 15.4. The Bertz CT molecular complexity index is 1560. The number of unbranched alkanes of at least 4 members (excludes halogenated alkanes) is 2. The molecule has 3 aromatic rings. The molecule has 13 heteroatoms. The number of urea groups is 1. The highest BCUT2D eigenvalue weighted by molar-refractivity contribution is 7.99. The fourth-order valence-electron chi connectivity index (χ4n) is 6.07. The van der Waals surface area contributed by atoms with Gasteiger partial charge in [0.15, 0.2) is 0 Å². The van der Waals surface area contributed by atoms with Crippen molar-refractivity contribution in [3.05, 3.63) is 77.1 Å². The van der Waals surface area contributed by atoms with Crippen LogP contribution in [0.3, 0.4) is 0 Å². The Hall–Kier alpha value is -2.94. The van der Waals surface area contributed by atoms with Gasteiger partial charge < -0.3 is 46.6 Å². The number of carbonyl (C=O) groups is 1. The first kappa shape index (κ1) is 37.3. The van der Waals surface area contributed by atoms with Gasteiger partial charge in [-0.15, -0.1) is 11.8 Å². The van der Waals surface area contributed by atoms with Gasteiger partial charge in [-0.3, -0.25) is 4.98 Å². The Morgan fingerprint density at radius 3 is 2.59 bits per heavy atom. The molecule has 2 aliphatic rings. The number of halogens is 1. The summed E-state index contributed by atoms with van der Waals surface area (Å²) in [4.78, 5) is 16.6. The second-order valence-corrected chi connectivity index (χ2v) is 14.6. The number of benzene rings is 2. The number of pyridine rings is 1. The number of ether oxygens (including phenoxy) is 1. The Kier molecular flexibility index (Phi) is 12.8. The lowest BCUT2D eigenvalue weighted by Gasteiger charge is -2.39. The van der Waals surface area contributed by atoms with E-state index in [0.29, 0.717) is 30.5 Å². The number of aromatic nitrogens is 1. The maximum absolute atomic E-state index is 11.1. The van der Waals surface area contributed by atoms with E-state index in [0.717, 1.165) is 70.8 Å². The number of nitrogens with one attached hydrogen (secondary N) is 2. The maximum atomic E-state index is 11.1. The number of nitrogens with zero attached hydrogens (tertiary/aromatic N) is 1. The van der Waals surface area contributed by atoms with E-state index in [1.165, 1.54) is 0 Å². The van der Waals surface area contributed by atoms with E-state index < -0.39 is 43.1 Å². The zero-order valence-corrected chi connectivity index (χ0v) is 29.0. The Morgan fingerprint density at radius 2 is 1.88 bits per heavy atom. The molecule has 9 N–H and O–H groups in total. The molecule has 0 radical (unpaired) electrons. The summed E-state index contributed by atoms with van der Waals surface area (Å²) in [5.41, 5.74) is 7.07. The highest BCUT2D eigenvalue weighted by Gasteiger charge is 2.46. The molecule has 1 aromatic heterocycles. The minimum absolute atomic E-state index is 0.0617. The molecule has 266 valence electrons. The van der Waals surface area contributed by atoms with Gasteiger partial charge in [-0.05, 0) is 91.3 Å². The summed E-state index contributed by atoms with van der Waals surface area (Å²) in [5.74, 6) is 1.69. The predicted octanol–water partition coefficient (Wildman–Crippen LogP) is 3.85. The van der Waals surface area contributed by atoms with Crippen molar-refractivity contribution < 1.29 is 35.1 Å². The van der Waals surface area contributed by atoms with Gasteiger partial charge in [0.1, 0.15) is 29.7 Å². The number of nitrogens with two attached hydrogens (primary N) is 1. The van der Waals surface area contributed by atoms with Crippen molar-refractivity contribution in [2.75, 3.05) is 18.9 Å². The van der Waals surface area contributed by atoms with Crippen molar-refractivity contribution in [3.8, 4) is 16.9 Å². The number of carbonyl (C=O) groups excluding carboxylic acids is 1. The summed E-state index contributed by atoms with van der Waals surface area (Å²) in [6.07, 6.45) is 4.99. The number of amides is 2. The van der Waals surface area contributed by atoms with E-state index in [1.807, 2.05) is 42.7 Å². The van der Waals surface area contributed by atoms with E-state index in [2.05, 4.69) is 33.8 Å². The van der Waals surface area contributed by atoms with Crippen LogP contribution in [-0.4, -0.2) is 85.5 Å². The third-order valence-electron chi connectivity index (χ3n) is 9.32. The van der Waals surface area contributed by atoms with Crippen LogP contribution in [0.1, 0.15) is 62.5 Å². The summed E-state index contributed by atoms with van der Waals surface area (Å²) in [7, 11) is 0. The van der Waals surface area contributed by atoms with E-state index >= 15 is 0 Å². The van der Waals surface area contributed by atoms with E-state index in [-0.39, 0.29) is 12.0 Å². The van der Waals surface area contributed by atoms with Crippen molar-refractivity contribution in [1.82, 2.24) is 15.6 Å². The van der Waals surface area contributed by atoms with Crippen LogP contribution in [0.15, 0.2) is 65.8 Å². The number of primary amides is 1. The van der Waals surface area contributed by atoms with Gasteiger partial charge in [0.2, 0.25) is 0 Å². The van der Waals surface area contributed by atoms with Crippen molar-refractivity contribution in [2.45, 2.75) is 98.4 Å². The van der Waals surface area contributed by atoms with Crippen LogP contribution in [-0.2, 0) is 12.1 Å². The maximum Gasteiger partial charge on any atom is 0.312 e. The van der Waals surface area contributed by atoms with Crippen LogP contribution >= 0.6 is 23.4 Å². The second-order valence-electron chi connectivity index (χ2n) is 13.0. The minimum atomic E-state index is -2.15. The predicted molar refractivity (Wildman–Crippen MR) is 189 cm³/mol. The zero-order chi connectivity index (χ0) is 35.0. The molecule has 0 aliphatic heterocycles. The smallest absolute Gasteiger partial charge is 0.312 e. The first-order valence-electron chi connectivity index (χ1n) is 16.8. The number of rotatable bonds is 20. The van der Waals surface area contributed by atoms with E-state index in [9.17, 15) is 30.3 Å². The summed E-state index contributed by atoms with van der Waals surface area (Å²) in [6.45, 7) is -0.627. The zero-order valence-electron chi connectivity index (χ0n) is 27.4. The molecule has 5 rings (SSSR count). The van der Waals surface area contributed by atoms with Gasteiger partial charge in [0.05, 0.1) is 12.7 Å². The minimum Gasteiger partial charge on any atom is -0.490 e. The molecular weight excluding hydrogens is 668 g/mol. The molecule has 2 saturated carbocycles. The number of thioether (sulfide) groups is 1. The molecular formula is C36H47ClN4O7S. The molecule has 2 aromatic carbocycles. The molecule has 4 atom stereocenters. The lowest BCUT2D eigenvalue weighted by Crippen LogP contribution is -2.60. The average molecular weight is 715 g/mol. The van der Waals surface area contributed by atoms with Gasteiger partial charge in [0.25, 0.3) is 0 Å². The van der Waals surface area contributed by atoms with Crippen LogP contribution in [0.5, 0.6) is 5.75 Å². The first-order valence-corrected chi connectivity index (χ1v) is 18.2. The van der Waals surface area contributed by atoms with Gasteiger partial charge in [0, 0.05) is 46.5 Å². The highest BCUT2D eigenvalue weighted by atomic mass is 35.5. The number of aliphatic hydroxyl groups excluding tert-OH is 4. The molecule has 2 amide bonds. The standard InChI is InChI=1S/C36H47ClN4O7S/c37-29-11-10-25(49-17-5-1-4-13-36(47,33(45)30(43)22-42)32(44)21-40-34(38)46)18-23(29)19-41-35(14-15-35)28-20-39-16-12-26(28)27-6-2-3-7-31(27)48-24-8-9-24/h2-3,6-7,10-12,16,18,20,24,30,32-33,41-45,47H,1,4-5,8-9,13-15,17,19,21-22H2,(H3,38,40,46)/t30-,32+,33-,36-/m1/s1. The number of hydrogen-bond donors (Lipinski definition) is 8. The fraction of sp³-hybridized carbons (Fsp3) is 0.500. The largest absolute Gasteiger partial charge is 0.490 e. The molecule has 1 heterocycles. The molecule has 0 unspecified atom stereocenters. The molecule has 2 fully saturated rings. The van der Waals surface area contributed by atoms with E-state index in [4.69, 9.17) is 22.1 Å².